The molecule has 3 aromatic carbocycles. The van der Waals surface area contributed by atoms with E-state index in [1.807, 2.05) is 74.5 Å². The van der Waals surface area contributed by atoms with Crippen LogP contribution in [0.4, 0.5) is 5.69 Å². The minimum Gasteiger partial charge on any atom is -0.486 e. The quantitative estimate of drug-likeness (QED) is 0.351. The van der Waals surface area contributed by atoms with E-state index in [9.17, 15) is 18.0 Å². The summed E-state index contributed by atoms with van der Waals surface area (Å²) in [5, 5.41) is 2.98. The van der Waals surface area contributed by atoms with Crippen LogP contribution in [-0.2, 0) is 32.6 Å². The topological polar surface area (TPSA) is 105 Å². The van der Waals surface area contributed by atoms with Gasteiger partial charge in [0.1, 0.15) is 25.8 Å². The third-order valence-electron chi connectivity index (χ3n) is 6.64. The highest BCUT2D eigenvalue weighted by molar-refractivity contribution is 7.92. The first kappa shape index (κ1) is 29.9. The second-order valence-electron chi connectivity index (χ2n) is 10.4. The van der Waals surface area contributed by atoms with Crippen LogP contribution in [-0.4, -0.2) is 63.7 Å². The number of anilines is 1. The number of nitrogens with one attached hydrogen (secondary N) is 1. The molecule has 41 heavy (non-hydrogen) atoms. The molecule has 1 aliphatic heterocycles. The molecule has 1 heterocycles. The van der Waals surface area contributed by atoms with E-state index >= 15 is 0 Å². The maximum absolute atomic E-state index is 14.1. The van der Waals surface area contributed by atoms with Crippen LogP contribution in [0.15, 0.2) is 78.9 Å². The highest BCUT2D eigenvalue weighted by atomic mass is 32.2. The van der Waals surface area contributed by atoms with E-state index < -0.39 is 28.5 Å². The lowest BCUT2D eigenvalue weighted by atomic mass is 10.0. The van der Waals surface area contributed by atoms with Gasteiger partial charge in [-0.3, -0.25) is 13.9 Å². The van der Waals surface area contributed by atoms with Crippen LogP contribution in [0.3, 0.4) is 0 Å². The maximum Gasteiger partial charge on any atom is 0.244 e. The number of hydrogen-bond donors (Lipinski definition) is 1. The van der Waals surface area contributed by atoms with Crippen LogP contribution in [0.1, 0.15) is 25.0 Å². The summed E-state index contributed by atoms with van der Waals surface area (Å²) in [4.78, 5) is 29.2. The number of carbonyl (C=O) groups excluding carboxylic acids is 2. The molecule has 218 valence electrons. The van der Waals surface area contributed by atoms with Crippen molar-refractivity contribution in [1.29, 1.82) is 0 Å². The van der Waals surface area contributed by atoms with Gasteiger partial charge >= 0.3 is 0 Å². The minimum absolute atomic E-state index is 0.130. The van der Waals surface area contributed by atoms with E-state index in [0.29, 0.717) is 31.3 Å². The van der Waals surface area contributed by atoms with Gasteiger partial charge < -0.3 is 19.7 Å². The smallest absolute Gasteiger partial charge is 0.244 e. The summed E-state index contributed by atoms with van der Waals surface area (Å²) < 4.78 is 38.2. The largest absolute Gasteiger partial charge is 0.486 e. The summed E-state index contributed by atoms with van der Waals surface area (Å²) in [5.74, 6) is 0.332. The van der Waals surface area contributed by atoms with E-state index in [1.165, 1.54) is 4.90 Å². The second kappa shape index (κ2) is 13.5. The third-order valence-corrected chi connectivity index (χ3v) is 7.78. The molecule has 0 aliphatic carbocycles. The van der Waals surface area contributed by atoms with Gasteiger partial charge in [0.15, 0.2) is 11.5 Å². The van der Waals surface area contributed by atoms with Gasteiger partial charge in [0.2, 0.25) is 21.8 Å². The lowest BCUT2D eigenvalue weighted by Gasteiger charge is -2.34. The van der Waals surface area contributed by atoms with Crippen LogP contribution < -0.4 is 19.1 Å². The summed E-state index contributed by atoms with van der Waals surface area (Å²) in [5.41, 5.74) is 1.98. The zero-order valence-electron chi connectivity index (χ0n) is 23.7. The third kappa shape index (κ3) is 8.23. The fraction of sp³-hybridized carbons (Fsp3) is 0.355. The van der Waals surface area contributed by atoms with Crippen molar-refractivity contribution in [1.82, 2.24) is 10.2 Å². The number of nitrogens with zero attached hydrogens (tertiary/aromatic N) is 2. The van der Waals surface area contributed by atoms with E-state index in [2.05, 4.69) is 5.32 Å². The Balaban J connectivity index is 1.70. The number of benzene rings is 3. The number of fused-ring (bicyclic) bond motifs is 1. The zero-order valence-corrected chi connectivity index (χ0v) is 24.5. The van der Waals surface area contributed by atoms with Gasteiger partial charge in [-0.1, -0.05) is 74.5 Å². The molecule has 1 atom stereocenters. The Labute approximate surface area is 242 Å². The molecule has 3 aromatic rings. The first-order chi connectivity index (χ1) is 19.6. The number of hydrogen-bond acceptors (Lipinski definition) is 6. The normalized spacial score (nSPS) is 13.4. The highest BCUT2D eigenvalue weighted by Crippen LogP contribution is 2.34. The molecule has 1 N–H and O–H groups in total. The fourth-order valence-electron chi connectivity index (χ4n) is 4.56. The van der Waals surface area contributed by atoms with E-state index in [1.54, 1.807) is 18.2 Å². The molecule has 2 amide bonds. The molecule has 0 aromatic heterocycles. The summed E-state index contributed by atoms with van der Waals surface area (Å²) in [6, 6.07) is 22.7. The minimum atomic E-state index is -3.88. The molecule has 4 rings (SSSR count). The van der Waals surface area contributed by atoms with Crippen LogP contribution >= 0.6 is 0 Å². The van der Waals surface area contributed by atoms with Crippen molar-refractivity contribution in [3.05, 3.63) is 90.0 Å². The van der Waals surface area contributed by atoms with Crippen molar-refractivity contribution >= 4 is 27.5 Å². The Morgan fingerprint density at radius 3 is 2.10 bits per heavy atom. The van der Waals surface area contributed by atoms with Crippen molar-refractivity contribution in [2.24, 2.45) is 5.92 Å². The Hall–Kier alpha value is -4.05. The van der Waals surface area contributed by atoms with Gasteiger partial charge in [0.05, 0.1) is 11.9 Å². The Morgan fingerprint density at radius 1 is 0.878 bits per heavy atom. The summed E-state index contributed by atoms with van der Waals surface area (Å²) in [6.45, 7) is 4.82. The average Bonchev–Trinajstić information content (AvgIpc) is 2.96. The highest BCUT2D eigenvalue weighted by Gasteiger charge is 2.33. The van der Waals surface area contributed by atoms with Gasteiger partial charge in [-0.15, -0.1) is 0 Å². The number of rotatable bonds is 12. The SMILES string of the molecule is CC(C)CNC(=O)[C@@H](Cc1ccccc1)N(Cc1ccccc1)C(=O)CN(c1ccc2c(c1)OCCO2)S(C)(=O)=O. The van der Waals surface area contributed by atoms with Crippen LogP contribution in [0, 0.1) is 5.92 Å². The predicted octanol–water partition coefficient (Wildman–Crippen LogP) is 3.64. The number of ether oxygens (including phenoxy) is 2. The maximum atomic E-state index is 14.1. The van der Waals surface area contributed by atoms with Crippen LogP contribution in [0.25, 0.3) is 0 Å². The number of carbonyl (C=O) groups is 2. The van der Waals surface area contributed by atoms with Crippen LogP contribution in [0.5, 0.6) is 11.5 Å². The molecule has 0 unspecified atom stereocenters. The monoisotopic (exact) mass is 579 g/mol. The molecule has 0 radical (unpaired) electrons. The summed E-state index contributed by atoms with van der Waals surface area (Å²) in [7, 11) is -3.88. The Kier molecular flexibility index (Phi) is 9.88. The van der Waals surface area contributed by atoms with Crippen molar-refractivity contribution in [2.75, 3.05) is 36.9 Å². The molecule has 9 nitrogen and oxygen atoms in total. The predicted molar refractivity (Wildman–Crippen MR) is 158 cm³/mol. The molecule has 0 fully saturated rings. The Bertz CT molecular complexity index is 1430. The van der Waals surface area contributed by atoms with Crippen molar-refractivity contribution in [3.8, 4) is 11.5 Å². The first-order valence-corrected chi connectivity index (χ1v) is 15.5. The second-order valence-corrected chi connectivity index (χ2v) is 12.4. The van der Waals surface area contributed by atoms with Gasteiger partial charge in [-0.05, 0) is 29.2 Å². The molecule has 0 saturated heterocycles. The molecule has 10 heteroatoms. The zero-order chi connectivity index (χ0) is 29.4. The lowest BCUT2D eigenvalue weighted by molar-refractivity contribution is -0.140. The molecule has 0 saturated carbocycles. The number of amides is 2. The van der Waals surface area contributed by atoms with Crippen LogP contribution in [0.2, 0.25) is 0 Å². The van der Waals surface area contributed by atoms with Crippen molar-refractivity contribution in [2.45, 2.75) is 32.9 Å². The molecule has 0 bridgehead atoms. The van der Waals surface area contributed by atoms with Crippen molar-refractivity contribution in [3.63, 3.8) is 0 Å². The van der Waals surface area contributed by atoms with Gasteiger partial charge in [0.25, 0.3) is 0 Å². The lowest BCUT2D eigenvalue weighted by Crippen LogP contribution is -2.53. The van der Waals surface area contributed by atoms with E-state index in [0.717, 1.165) is 21.7 Å². The Morgan fingerprint density at radius 2 is 1.49 bits per heavy atom. The van der Waals surface area contributed by atoms with Gasteiger partial charge in [-0.25, -0.2) is 8.42 Å². The number of sulfonamides is 1. The van der Waals surface area contributed by atoms with Gasteiger partial charge in [0, 0.05) is 25.6 Å². The molecule has 0 spiro atoms. The summed E-state index contributed by atoms with van der Waals surface area (Å²) in [6.07, 6.45) is 1.32. The average molecular weight is 580 g/mol. The van der Waals surface area contributed by atoms with E-state index in [-0.39, 0.29) is 30.5 Å². The molecular weight excluding hydrogens is 542 g/mol. The first-order valence-electron chi connectivity index (χ1n) is 13.6. The van der Waals surface area contributed by atoms with Crippen molar-refractivity contribution < 1.29 is 27.5 Å². The van der Waals surface area contributed by atoms with E-state index in [4.69, 9.17) is 9.47 Å². The van der Waals surface area contributed by atoms with Gasteiger partial charge in [-0.2, -0.15) is 0 Å². The standard InChI is InChI=1S/C31H37N3O6S/c1-23(2)20-32-31(36)27(18-24-10-6-4-7-11-24)33(21-25-12-8-5-9-13-25)30(35)22-34(41(3,37)38)26-14-15-28-29(19-26)40-17-16-39-28/h4-15,19,23,27H,16-18,20-22H2,1-3H3,(H,32,36)/t27-/m1/s1. The molecule has 1 aliphatic rings. The fourth-order valence-corrected chi connectivity index (χ4v) is 5.40. The molecular formula is C31H37N3O6S. The summed E-state index contributed by atoms with van der Waals surface area (Å²) >= 11 is 0.